The van der Waals surface area contributed by atoms with Gasteiger partial charge in [0.05, 0.1) is 11.0 Å². The summed E-state index contributed by atoms with van der Waals surface area (Å²) in [5.74, 6) is -0.881. The Labute approximate surface area is 191 Å². The van der Waals surface area contributed by atoms with E-state index in [2.05, 4.69) is 21.2 Å². The summed E-state index contributed by atoms with van der Waals surface area (Å²) in [6.07, 6.45) is 1.52. The molecule has 3 aromatic rings. The van der Waals surface area contributed by atoms with Crippen molar-refractivity contribution < 1.29 is 23.1 Å². The first-order chi connectivity index (χ1) is 15.4. The van der Waals surface area contributed by atoms with Gasteiger partial charge in [-0.3, -0.25) is 9.69 Å². The minimum absolute atomic E-state index is 0.0608. The highest BCUT2D eigenvalue weighted by atomic mass is 79.9. The predicted molar refractivity (Wildman–Crippen MR) is 118 cm³/mol. The molecule has 0 atom stereocenters. The number of halogens is 3. The van der Waals surface area contributed by atoms with E-state index in [1.165, 1.54) is 30.3 Å². The average molecular weight is 499 g/mol. The largest absolute Gasteiger partial charge is 0.488 e. The fraction of sp³-hybridized carbons (Fsp3) is 0.0833. The van der Waals surface area contributed by atoms with Crippen LogP contribution in [0.1, 0.15) is 16.7 Å². The van der Waals surface area contributed by atoms with E-state index in [4.69, 9.17) is 4.74 Å². The summed E-state index contributed by atoms with van der Waals surface area (Å²) in [5.41, 5.74) is 1.39. The van der Waals surface area contributed by atoms with E-state index in [1.54, 1.807) is 42.5 Å². The van der Waals surface area contributed by atoms with Crippen molar-refractivity contribution in [2.75, 3.05) is 0 Å². The lowest BCUT2D eigenvalue weighted by atomic mass is 10.1. The topological polar surface area (TPSA) is 58.6 Å². The molecule has 1 aliphatic rings. The van der Waals surface area contributed by atoms with Crippen LogP contribution >= 0.6 is 15.9 Å². The van der Waals surface area contributed by atoms with Crippen LogP contribution in [0, 0.1) is 11.6 Å². The van der Waals surface area contributed by atoms with Crippen LogP contribution in [0.25, 0.3) is 6.08 Å². The molecule has 4 rings (SSSR count). The van der Waals surface area contributed by atoms with Crippen molar-refractivity contribution in [2.45, 2.75) is 13.2 Å². The Hall–Kier alpha value is -3.52. The minimum Gasteiger partial charge on any atom is -0.488 e. The number of nitrogens with zero attached hydrogens (tertiary/aromatic N) is 1. The fourth-order valence-corrected chi connectivity index (χ4v) is 3.68. The molecule has 1 N–H and O–H groups in total. The Morgan fingerprint density at radius 1 is 0.938 bits per heavy atom. The molecular formula is C24H17BrF2N2O3. The molecule has 3 aromatic carbocycles. The highest BCUT2D eigenvalue weighted by Gasteiger charge is 2.34. The van der Waals surface area contributed by atoms with Crippen LogP contribution in [-0.4, -0.2) is 16.8 Å². The van der Waals surface area contributed by atoms with Crippen molar-refractivity contribution in [3.63, 3.8) is 0 Å². The molecule has 162 valence electrons. The molecule has 8 heteroatoms. The zero-order chi connectivity index (χ0) is 22.7. The Bertz CT molecular complexity index is 1230. The summed E-state index contributed by atoms with van der Waals surface area (Å²) >= 11 is 3.41. The first-order valence-corrected chi connectivity index (χ1v) is 10.5. The third kappa shape index (κ3) is 4.70. The summed E-state index contributed by atoms with van der Waals surface area (Å²) in [7, 11) is 0. The number of hydrogen-bond donors (Lipinski definition) is 1. The van der Waals surface area contributed by atoms with E-state index < -0.39 is 17.8 Å². The Morgan fingerprint density at radius 2 is 1.59 bits per heavy atom. The van der Waals surface area contributed by atoms with E-state index in [0.717, 1.165) is 4.90 Å². The standard InChI is InChI=1S/C24H17BrF2N2O3/c25-18-11-15(9-10-22(18)32-14-17-6-2-4-8-20(17)27)12-21-23(30)29(24(31)28-21)13-16-5-1-3-7-19(16)26/h1-12H,13-14H2,(H,28,31)/b21-12+. The zero-order valence-electron chi connectivity index (χ0n) is 16.6. The third-order valence-corrected chi connectivity index (χ3v) is 5.48. The quantitative estimate of drug-likeness (QED) is 0.365. The normalized spacial score (nSPS) is 14.7. The van der Waals surface area contributed by atoms with Gasteiger partial charge in [-0.15, -0.1) is 0 Å². The number of nitrogens with one attached hydrogen (secondary N) is 1. The highest BCUT2D eigenvalue weighted by molar-refractivity contribution is 9.10. The number of urea groups is 1. The van der Waals surface area contributed by atoms with Crippen LogP contribution in [0.2, 0.25) is 0 Å². The van der Waals surface area contributed by atoms with E-state index in [-0.39, 0.29) is 30.2 Å². The second kappa shape index (κ2) is 9.32. The van der Waals surface area contributed by atoms with Gasteiger partial charge in [0, 0.05) is 11.1 Å². The zero-order valence-corrected chi connectivity index (χ0v) is 18.2. The molecule has 0 aromatic heterocycles. The molecule has 1 aliphatic heterocycles. The Morgan fingerprint density at radius 3 is 2.25 bits per heavy atom. The van der Waals surface area contributed by atoms with Gasteiger partial charge in [-0.25, -0.2) is 13.6 Å². The number of carbonyl (C=O) groups excluding carboxylic acids is 2. The van der Waals surface area contributed by atoms with Gasteiger partial charge in [0.2, 0.25) is 0 Å². The third-order valence-electron chi connectivity index (χ3n) is 4.86. The average Bonchev–Trinajstić information content (AvgIpc) is 3.03. The van der Waals surface area contributed by atoms with Crippen molar-refractivity contribution in [3.05, 3.63) is 105 Å². The first-order valence-electron chi connectivity index (χ1n) is 9.66. The van der Waals surface area contributed by atoms with Gasteiger partial charge in [0.15, 0.2) is 0 Å². The van der Waals surface area contributed by atoms with Crippen molar-refractivity contribution in [2.24, 2.45) is 0 Å². The van der Waals surface area contributed by atoms with Crippen molar-refractivity contribution in [1.82, 2.24) is 10.2 Å². The van der Waals surface area contributed by atoms with Gasteiger partial charge in [-0.2, -0.15) is 0 Å². The van der Waals surface area contributed by atoms with Gasteiger partial charge >= 0.3 is 6.03 Å². The van der Waals surface area contributed by atoms with Crippen LogP contribution in [0.5, 0.6) is 5.75 Å². The smallest absolute Gasteiger partial charge is 0.329 e. The lowest BCUT2D eigenvalue weighted by molar-refractivity contribution is -0.123. The molecular weight excluding hydrogens is 482 g/mol. The van der Waals surface area contributed by atoms with E-state index in [9.17, 15) is 18.4 Å². The molecule has 0 saturated carbocycles. The predicted octanol–water partition coefficient (Wildman–Crippen LogP) is 5.40. The molecule has 0 aliphatic carbocycles. The van der Waals surface area contributed by atoms with E-state index in [0.29, 0.717) is 21.3 Å². The molecule has 1 heterocycles. The molecule has 0 bridgehead atoms. The molecule has 1 saturated heterocycles. The number of rotatable bonds is 6. The lowest BCUT2D eigenvalue weighted by Gasteiger charge is -2.12. The van der Waals surface area contributed by atoms with Crippen LogP contribution in [-0.2, 0) is 17.9 Å². The number of ether oxygens (including phenoxy) is 1. The maximum Gasteiger partial charge on any atom is 0.329 e. The summed E-state index contributed by atoms with van der Waals surface area (Å²) in [6.45, 7) is -0.105. The first kappa shape index (κ1) is 21.7. The number of imide groups is 1. The fourth-order valence-electron chi connectivity index (χ4n) is 3.17. The Balaban J connectivity index is 1.47. The molecule has 1 fully saturated rings. The second-order valence-corrected chi connectivity index (χ2v) is 7.90. The molecule has 0 spiro atoms. The molecule has 32 heavy (non-hydrogen) atoms. The number of amides is 3. The molecule has 5 nitrogen and oxygen atoms in total. The van der Waals surface area contributed by atoms with Gasteiger partial charge in [0.25, 0.3) is 5.91 Å². The second-order valence-electron chi connectivity index (χ2n) is 7.04. The van der Waals surface area contributed by atoms with Crippen LogP contribution in [0.15, 0.2) is 76.9 Å². The molecule has 3 amide bonds. The Kier molecular flexibility index (Phi) is 6.32. The van der Waals surface area contributed by atoms with E-state index >= 15 is 0 Å². The van der Waals surface area contributed by atoms with Gasteiger partial charge < -0.3 is 10.1 Å². The van der Waals surface area contributed by atoms with E-state index in [1.807, 2.05) is 0 Å². The van der Waals surface area contributed by atoms with Gasteiger partial charge in [-0.1, -0.05) is 42.5 Å². The van der Waals surface area contributed by atoms with Crippen LogP contribution in [0.3, 0.4) is 0 Å². The summed E-state index contributed by atoms with van der Waals surface area (Å²) in [6, 6.07) is 16.8. The monoisotopic (exact) mass is 498 g/mol. The van der Waals surface area contributed by atoms with Crippen LogP contribution in [0.4, 0.5) is 13.6 Å². The summed E-state index contributed by atoms with van der Waals surface area (Å²) in [5, 5.41) is 2.52. The SMILES string of the molecule is O=C1N/C(=C/c2ccc(OCc3ccccc3F)c(Br)c2)C(=O)N1Cc1ccccc1F. The molecule has 0 unspecified atom stereocenters. The minimum atomic E-state index is -0.617. The van der Waals surface area contributed by atoms with Gasteiger partial charge in [-0.05, 0) is 51.8 Å². The van der Waals surface area contributed by atoms with Gasteiger partial charge in [0.1, 0.15) is 29.7 Å². The summed E-state index contributed by atoms with van der Waals surface area (Å²) < 4.78 is 33.9. The number of benzene rings is 3. The maximum absolute atomic E-state index is 13.9. The lowest BCUT2D eigenvalue weighted by Crippen LogP contribution is -2.30. The number of carbonyl (C=O) groups is 2. The molecule has 0 radical (unpaired) electrons. The van der Waals surface area contributed by atoms with Crippen LogP contribution < -0.4 is 10.1 Å². The van der Waals surface area contributed by atoms with Crippen molar-refractivity contribution >= 4 is 33.9 Å². The number of hydrogen-bond acceptors (Lipinski definition) is 3. The summed E-state index contributed by atoms with van der Waals surface area (Å²) in [4.78, 5) is 25.8. The maximum atomic E-state index is 13.9. The van der Waals surface area contributed by atoms with Crippen molar-refractivity contribution in [1.29, 1.82) is 0 Å². The van der Waals surface area contributed by atoms with Crippen molar-refractivity contribution in [3.8, 4) is 5.75 Å². The highest BCUT2D eigenvalue weighted by Crippen LogP contribution is 2.28.